The maximum absolute atomic E-state index is 13.2. The molecular formula is C24H30N6O. The van der Waals surface area contributed by atoms with Gasteiger partial charge in [-0.3, -0.25) is 9.36 Å². The fraction of sp³-hybridized carbons (Fsp3) is 0.458. The number of rotatable bonds is 4. The number of likely N-dealkylation sites (tertiary alicyclic amines) is 1. The third-order valence-corrected chi connectivity index (χ3v) is 6.59. The summed E-state index contributed by atoms with van der Waals surface area (Å²) in [5.74, 6) is 0.627. The van der Waals surface area contributed by atoms with Gasteiger partial charge in [0.1, 0.15) is 11.8 Å². The molecule has 1 aromatic carbocycles. The predicted molar refractivity (Wildman–Crippen MR) is 121 cm³/mol. The number of amides is 1. The molecule has 1 unspecified atom stereocenters. The van der Waals surface area contributed by atoms with Crippen LogP contribution in [0.25, 0.3) is 16.9 Å². The van der Waals surface area contributed by atoms with Gasteiger partial charge in [0, 0.05) is 57.7 Å². The molecule has 0 bridgehead atoms. The van der Waals surface area contributed by atoms with E-state index in [1.54, 1.807) is 12.5 Å². The van der Waals surface area contributed by atoms with E-state index in [9.17, 15) is 4.79 Å². The van der Waals surface area contributed by atoms with Gasteiger partial charge in [0.05, 0.1) is 5.56 Å². The number of pyridine rings is 1. The van der Waals surface area contributed by atoms with Crippen molar-refractivity contribution in [3.63, 3.8) is 0 Å². The van der Waals surface area contributed by atoms with Gasteiger partial charge < -0.3 is 14.7 Å². The van der Waals surface area contributed by atoms with E-state index in [-0.39, 0.29) is 5.91 Å². The van der Waals surface area contributed by atoms with Crippen LogP contribution in [0.4, 0.5) is 0 Å². The van der Waals surface area contributed by atoms with E-state index >= 15 is 0 Å². The second kappa shape index (κ2) is 8.77. The van der Waals surface area contributed by atoms with Gasteiger partial charge in [0.2, 0.25) is 0 Å². The topological polar surface area (TPSA) is 57.5 Å². The van der Waals surface area contributed by atoms with Gasteiger partial charge in [-0.1, -0.05) is 18.2 Å². The van der Waals surface area contributed by atoms with E-state index in [0.29, 0.717) is 11.5 Å². The predicted octanol–water partition coefficient (Wildman–Crippen LogP) is 2.52. The number of nitrogens with zero attached hydrogens (tertiary/aromatic N) is 6. The summed E-state index contributed by atoms with van der Waals surface area (Å²) < 4.78 is 1.95. The Morgan fingerprint density at radius 1 is 1.06 bits per heavy atom. The van der Waals surface area contributed by atoms with E-state index in [2.05, 4.69) is 26.8 Å². The molecule has 162 valence electrons. The highest BCUT2D eigenvalue weighted by molar-refractivity contribution is 5.96. The van der Waals surface area contributed by atoms with Crippen LogP contribution in [0.2, 0.25) is 0 Å². The van der Waals surface area contributed by atoms with Gasteiger partial charge in [-0.15, -0.1) is 0 Å². The number of benzene rings is 1. The summed E-state index contributed by atoms with van der Waals surface area (Å²) in [5.41, 5.74) is 3.17. The zero-order chi connectivity index (χ0) is 21.2. The van der Waals surface area contributed by atoms with Crippen molar-refractivity contribution < 1.29 is 4.79 Å². The van der Waals surface area contributed by atoms with Gasteiger partial charge in [-0.2, -0.15) is 0 Å². The zero-order valence-corrected chi connectivity index (χ0v) is 18.2. The fourth-order valence-electron chi connectivity index (χ4n) is 4.77. The molecule has 4 heterocycles. The molecule has 31 heavy (non-hydrogen) atoms. The molecule has 0 N–H and O–H groups in total. The van der Waals surface area contributed by atoms with Crippen LogP contribution in [-0.2, 0) is 0 Å². The first-order chi connectivity index (χ1) is 15.2. The molecule has 2 aromatic heterocycles. The Morgan fingerprint density at radius 2 is 1.87 bits per heavy atom. The molecule has 3 aromatic rings. The van der Waals surface area contributed by atoms with Gasteiger partial charge in [-0.05, 0) is 44.0 Å². The quantitative estimate of drug-likeness (QED) is 0.652. The normalized spacial score (nSPS) is 20.9. The Bertz CT molecular complexity index is 1040. The molecule has 0 aliphatic carbocycles. The third kappa shape index (κ3) is 4.34. The Balaban J connectivity index is 1.28. The van der Waals surface area contributed by atoms with Gasteiger partial charge in [0.25, 0.3) is 5.91 Å². The Kier molecular flexibility index (Phi) is 5.70. The SMILES string of the molecule is CN1CCN(CC2CCCN(C(=O)c3cnc4c(c3)ncn4-c3ccccc3)C2)CC1. The highest BCUT2D eigenvalue weighted by Crippen LogP contribution is 2.22. The van der Waals surface area contributed by atoms with E-state index in [0.717, 1.165) is 69.1 Å². The smallest absolute Gasteiger partial charge is 0.255 e. The van der Waals surface area contributed by atoms with E-state index in [4.69, 9.17) is 0 Å². The molecule has 0 saturated carbocycles. The molecule has 2 saturated heterocycles. The number of likely N-dealkylation sites (N-methyl/N-ethyl adjacent to an activating group) is 1. The molecule has 0 radical (unpaired) electrons. The lowest BCUT2D eigenvalue weighted by Gasteiger charge is -2.38. The molecule has 0 spiro atoms. The largest absolute Gasteiger partial charge is 0.338 e. The zero-order valence-electron chi connectivity index (χ0n) is 18.2. The maximum Gasteiger partial charge on any atom is 0.255 e. The fourth-order valence-corrected chi connectivity index (χ4v) is 4.77. The second-order valence-electron chi connectivity index (χ2n) is 8.88. The number of hydrogen-bond acceptors (Lipinski definition) is 5. The van der Waals surface area contributed by atoms with E-state index in [1.165, 1.54) is 6.42 Å². The van der Waals surface area contributed by atoms with Crippen LogP contribution in [0.5, 0.6) is 0 Å². The van der Waals surface area contributed by atoms with Crippen LogP contribution in [0.3, 0.4) is 0 Å². The van der Waals surface area contributed by atoms with Crippen molar-refractivity contribution in [2.24, 2.45) is 5.92 Å². The van der Waals surface area contributed by atoms with Crippen LogP contribution in [0.15, 0.2) is 48.9 Å². The highest BCUT2D eigenvalue weighted by Gasteiger charge is 2.27. The van der Waals surface area contributed by atoms with Crippen molar-refractivity contribution in [2.75, 3.05) is 52.9 Å². The molecule has 1 atom stereocenters. The van der Waals surface area contributed by atoms with Gasteiger partial charge >= 0.3 is 0 Å². The first kappa shape index (κ1) is 20.2. The summed E-state index contributed by atoms with van der Waals surface area (Å²) in [6, 6.07) is 11.9. The number of hydrogen-bond donors (Lipinski definition) is 0. The van der Waals surface area contributed by atoms with Crippen LogP contribution >= 0.6 is 0 Å². The average molecular weight is 419 g/mol. The molecule has 2 fully saturated rings. The highest BCUT2D eigenvalue weighted by atomic mass is 16.2. The van der Waals surface area contributed by atoms with Crippen LogP contribution in [-0.4, -0.2) is 88.0 Å². The van der Waals surface area contributed by atoms with Crippen molar-refractivity contribution in [1.82, 2.24) is 29.2 Å². The average Bonchev–Trinajstić information content (AvgIpc) is 3.24. The molecule has 2 aliphatic rings. The number of para-hydroxylation sites is 1. The number of fused-ring (bicyclic) bond motifs is 1. The first-order valence-corrected chi connectivity index (χ1v) is 11.3. The number of imidazole rings is 1. The van der Waals surface area contributed by atoms with Crippen LogP contribution in [0.1, 0.15) is 23.2 Å². The van der Waals surface area contributed by atoms with E-state index in [1.807, 2.05) is 45.9 Å². The summed E-state index contributed by atoms with van der Waals surface area (Å²) >= 11 is 0. The summed E-state index contributed by atoms with van der Waals surface area (Å²) in [4.78, 5) is 29.3. The molecule has 7 heteroatoms. The number of piperazine rings is 1. The Hall–Kier alpha value is -2.77. The second-order valence-corrected chi connectivity index (χ2v) is 8.88. The van der Waals surface area contributed by atoms with Crippen molar-refractivity contribution in [1.29, 1.82) is 0 Å². The maximum atomic E-state index is 13.2. The van der Waals surface area contributed by atoms with Crippen LogP contribution in [0, 0.1) is 5.92 Å². The van der Waals surface area contributed by atoms with Crippen molar-refractivity contribution >= 4 is 17.1 Å². The van der Waals surface area contributed by atoms with Crippen molar-refractivity contribution in [3.8, 4) is 5.69 Å². The number of piperidine rings is 1. The third-order valence-electron chi connectivity index (χ3n) is 6.59. The lowest BCUT2D eigenvalue weighted by Crippen LogP contribution is -2.49. The monoisotopic (exact) mass is 418 g/mol. The first-order valence-electron chi connectivity index (χ1n) is 11.3. The Labute approximate surface area is 183 Å². The van der Waals surface area contributed by atoms with Gasteiger partial charge in [-0.25, -0.2) is 9.97 Å². The molecule has 2 aliphatic heterocycles. The minimum atomic E-state index is 0.0757. The summed E-state index contributed by atoms with van der Waals surface area (Å²) in [6.45, 7) is 7.29. The van der Waals surface area contributed by atoms with Gasteiger partial charge in [0.15, 0.2) is 5.65 Å². The van der Waals surface area contributed by atoms with Crippen molar-refractivity contribution in [2.45, 2.75) is 12.8 Å². The van der Waals surface area contributed by atoms with Crippen LogP contribution < -0.4 is 0 Å². The molecule has 1 amide bonds. The summed E-state index contributed by atoms with van der Waals surface area (Å²) in [7, 11) is 2.19. The number of aromatic nitrogens is 3. The van der Waals surface area contributed by atoms with Crippen molar-refractivity contribution in [3.05, 3.63) is 54.5 Å². The summed E-state index contributed by atoms with van der Waals surface area (Å²) in [5, 5.41) is 0. The standard InChI is InChI=1S/C24H30N6O/c1-27-10-12-28(13-11-27)16-19-6-5-9-29(17-19)24(31)20-14-22-23(25-15-20)30(18-26-22)21-7-3-2-4-8-21/h2-4,7-8,14-15,18-19H,5-6,9-13,16-17H2,1H3. The minimum absolute atomic E-state index is 0.0757. The lowest BCUT2D eigenvalue weighted by atomic mass is 9.96. The summed E-state index contributed by atoms with van der Waals surface area (Å²) in [6.07, 6.45) is 5.75. The number of carbonyl (C=O) groups excluding carboxylic acids is 1. The molecule has 5 rings (SSSR count). The molecular weight excluding hydrogens is 388 g/mol. The lowest BCUT2D eigenvalue weighted by molar-refractivity contribution is 0.0609. The Morgan fingerprint density at radius 3 is 2.68 bits per heavy atom. The minimum Gasteiger partial charge on any atom is -0.338 e. The number of carbonyl (C=O) groups is 1. The van der Waals surface area contributed by atoms with E-state index < -0.39 is 0 Å². The molecule has 7 nitrogen and oxygen atoms in total.